The van der Waals surface area contributed by atoms with E-state index < -0.39 is 0 Å². The molecule has 0 aliphatic rings. The smallest absolute Gasteiger partial charge is 0.0803 e. The Morgan fingerprint density at radius 2 is 0.823 bits per heavy atom. The summed E-state index contributed by atoms with van der Waals surface area (Å²) in [6.45, 7) is 6.76. The monoisotopic (exact) mass is 794 g/mol. The van der Waals surface area contributed by atoms with Crippen molar-refractivity contribution in [3.63, 3.8) is 0 Å². The van der Waals surface area contributed by atoms with Crippen molar-refractivity contribution < 1.29 is 0 Å². The molecule has 0 amide bonds. The van der Waals surface area contributed by atoms with Crippen molar-refractivity contribution in [2.24, 2.45) is 0 Å². The first-order chi connectivity index (χ1) is 30.4. The Kier molecular flexibility index (Phi) is 9.09. The normalized spacial score (nSPS) is 12.0. The molecule has 0 aliphatic heterocycles. The molecule has 0 spiro atoms. The number of para-hydroxylation sites is 2. The van der Waals surface area contributed by atoms with Crippen LogP contribution in [0.2, 0.25) is 0 Å². The van der Waals surface area contributed by atoms with E-state index in [4.69, 9.17) is 0 Å². The topological polar surface area (TPSA) is 9.86 Å². The first-order valence-electron chi connectivity index (χ1n) is 21.6. The van der Waals surface area contributed by atoms with Crippen LogP contribution >= 0.6 is 0 Å². The highest BCUT2D eigenvalue weighted by Crippen LogP contribution is 2.43. The fourth-order valence-corrected chi connectivity index (χ4v) is 9.25. The molecule has 0 saturated carbocycles. The van der Waals surface area contributed by atoms with Crippen LogP contribution in [-0.4, -0.2) is 9.13 Å². The summed E-state index contributed by atoms with van der Waals surface area (Å²) in [5.74, 6) is 0. The third kappa shape index (κ3) is 6.62. The maximum atomic E-state index is 2.47. The molecule has 2 heteroatoms. The predicted octanol–water partition coefficient (Wildman–Crippen LogP) is 16.3. The van der Waals surface area contributed by atoms with E-state index in [2.05, 4.69) is 254 Å². The van der Waals surface area contributed by atoms with Gasteiger partial charge in [-0.2, -0.15) is 0 Å². The van der Waals surface area contributed by atoms with Crippen molar-refractivity contribution in [1.29, 1.82) is 0 Å². The Hall–Kier alpha value is -7.68. The molecule has 0 N–H and O–H groups in total. The van der Waals surface area contributed by atoms with E-state index in [-0.39, 0.29) is 5.41 Å². The molecule has 0 atom stereocenters. The van der Waals surface area contributed by atoms with E-state index in [1.807, 2.05) is 0 Å². The van der Waals surface area contributed by atoms with Crippen LogP contribution in [0.3, 0.4) is 0 Å². The highest BCUT2D eigenvalue weighted by Gasteiger charge is 2.23. The van der Waals surface area contributed by atoms with Crippen molar-refractivity contribution in [2.45, 2.75) is 26.2 Å². The number of fused-ring (bicyclic) bond motifs is 6. The molecule has 2 aromatic heterocycles. The highest BCUT2D eigenvalue weighted by molar-refractivity contribution is 6.20. The van der Waals surface area contributed by atoms with Gasteiger partial charge in [0.1, 0.15) is 0 Å². The van der Waals surface area contributed by atoms with Gasteiger partial charge in [-0.1, -0.05) is 203 Å². The Morgan fingerprint density at radius 1 is 0.355 bits per heavy atom. The molecule has 2 heterocycles. The van der Waals surface area contributed by atoms with Crippen molar-refractivity contribution >= 4 is 55.8 Å². The van der Waals surface area contributed by atoms with E-state index in [9.17, 15) is 0 Å². The highest BCUT2D eigenvalue weighted by atomic mass is 15.1. The predicted molar refractivity (Wildman–Crippen MR) is 265 cm³/mol. The first kappa shape index (κ1) is 37.3. The molecule has 0 saturated heterocycles. The van der Waals surface area contributed by atoms with Gasteiger partial charge in [-0.25, -0.2) is 0 Å². The van der Waals surface area contributed by atoms with Gasteiger partial charge in [0, 0.05) is 22.1 Å². The van der Waals surface area contributed by atoms with Gasteiger partial charge in [-0.15, -0.1) is 0 Å². The van der Waals surface area contributed by atoms with Gasteiger partial charge in [-0.05, 0) is 109 Å². The molecule has 0 bridgehead atoms. The minimum atomic E-state index is 0.146. The second-order valence-electron chi connectivity index (χ2n) is 17.4. The van der Waals surface area contributed by atoms with Gasteiger partial charge in [-0.3, -0.25) is 0 Å². The van der Waals surface area contributed by atoms with Gasteiger partial charge in [0.2, 0.25) is 0 Å². The van der Waals surface area contributed by atoms with Crippen LogP contribution in [0.15, 0.2) is 212 Å². The van der Waals surface area contributed by atoms with E-state index in [1.54, 1.807) is 0 Å². The van der Waals surface area contributed by atoms with Gasteiger partial charge in [0.25, 0.3) is 0 Å². The molecule has 62 heavy (non-hydrogen) atoms. The number of nitrogens with zero attached hydrogens (tertiary/aromatic N) is 2. The second-order valence-corrected chi connectivity index (χ2v) is 17.4. The van der Waals surface area contributed by atoms with Crippen LogP contribution in [0.4, 0.5) is 0 Å². The van der Waals surface area contributed by atoms with Gasteiger partial charge >= 0.3 is 0 Å². The average Bonchev–Trinajstić information content (AvgIpc) is 3.83. The maximum Gasteiger partial charge on any atom is 0.0803 e. The Labute approximate surface area is 363 Å². The fourth-order valence-electron chi connectivity index (χ4n) is 9.25. The lowest BCUT2D eigenvalue weighted by atomic mass is 9.87. The molecular weight excluding hydrogens is 749 g/mol. The Bertz CT molecular complexity index is 3440. The Balaban J connectivity index is 1.04. The molecule has 11 rings (SSSR count). The molecule has 0 unspecified atom stereocenters. The number of rotatable bonds is 7. The standard InChI is InChI=1S/C60H46N2/c1-60(2,3)49-34-28-42(29-35-49)25-24-41-26-30-43(31-27-41)46-32-36-54-56(39-46)61(50-18-6-4-7-19-50)59-55-37-33-47(40-57(55)62(58(54)59)51-20-8-5-9-21-51)45-16-12-17-48(38-45)53-23-13-15-44-14-10-11-22-52(44)53/h4-40H,1-3H3/b25-24+. The summed E-state index contributed by atoms with van der Waals surface area (Å²) in [6.07, 6.45) is 4.40. The van der Waals surface area contributed by atoms with Gasteiger partial charge in [0.15, 0.2) is 0 Å². The van der Waals surface area contributed by atoms with Crippen LogP contribution in [0.25, 0.3) is 101 Å². The number of benzene rings is 9. The Morgan fingerprint density at radius 3 is 1.42 bits per heavy atom. The third-order valence-corrected chi connectivity index (χ3v) is 12.5. The summed E-state index contributed by atoms with van der Waals surface area (Å²) >= 11 is 0. The zero-order chi connectivity index (χ0) is 41.8. The molecule has 11 aromatic rings. The summed E-state index contributed by atoms with van der Waals surface area (Å²) < 4.78 is 4.95. The lowest BCUT2D eigenvalue weighted by Gasteiger charge is -2.18. The number of hydrogen-bond donors (Lipinski definition) is 0. The van der Waals surface area contributed by atoms with Crippen molar-refractivity contribution in [1.82, 2.24) is 9.13 Å². The lowest BCUT2D eigenvalue weighted by Crippen LogP contribution is -2.10. The summed E-state index contributed by atoms with van der Waals surface area (Å²) in [4.78, 5) is 0. The van der Waals surface area contributed by atoms with Crippen molar-refractivity contribution in [3.05, 3.63) is 229 Å². The second kappa shape index (κ2) is 15.1. The summed E-state index contributed by atoms with van der Waals surface area (Å²) in [5.41, 5.74) is 18.1. The molecule has 0 fully saturated rings. The van der Waals surface area contributed by atoms with E-state index in [0.717, 1.165) is 11.4 Å². The molecule has 296 valence electrons. The van der Waals surface area contributed by atoms with Crippen molar-refractivity contribution in [2.75, 3.05) is 0 Å². The van der Waals surface area contributed by atoms with Crippen LogP contribution < -0.4 is 0 Å². The van der Waals surface area contributed by atoms with Gasteiger partial charge in [0.05, 0.1) is 22.1 Å². The van der Waals surface area contributed by atoms with E-state index in [1.165, 1.54) is 93.7 Å². The van der Waals surface area contributed by atoms with Crippen molar-refractivity contribution in [3.8, 4) is 44.8 Å². The van der Waals surface area contributed by atoms with Crippen LogP contribution in [-0.2, 0) is 5.41 Å². The largest absolute Gasteiger partial charge is 0.307 e. The average molecular weight is 795 g/mol. The summed E-state index contributed by atoms with van der Waals surface area (Å²) in [7, 11) is 0. The quantitative estimate of drug-likeness (QED) is 0.142. The van der Waals surface area contributed by atoms with E-state index >= 15 is 0 Å². The number of hydrogen-bond acceptors (Lipinski definition) is 0. The maximum absolute atomic E-state index is 2.47. The SMILES string of the molecule is CC(C)(C)c1ccc(/C=C/c2ccc(-c3ccc4c(c3)n(-c3ccccc3)c3c5ccc(-c6cccc(-c7cccc8ccccc78)c6)cc5n(-c5ccccc5)c43)cc2)cc1. The molecule has 0 radical (unpaired) electrons. The summed E-state index contributed by atoms with van der Waals surface area (Å²) in [5, 5.41) is 4.94. The first-order valence-corrected chi connectivity index (χ1v) is 21.6. The third-order valence-electron chi connectivity index (χ3n) is 12.5. The lowest BCUT2D eigenvalue weighted by molar-refractivity contribution is 0.590. The van der Waals surface area contributed by atoms with Gasteiger partial charge < -0.3 is 9.13 Å². The minimum Gasteiger partial charge on any atom is -0.307 e. The van der Waals surface area contributed by atoms with Crippen LogP contribution in [0, 0.1) is 0 Å². The molecule has 0 aliphatic carbocycles. The molecule has 2 nitrogen and oxygen atoms in total. The summed E-state index contributed by atoms with van der Waals surface area (Å²) in [6, 6.07) is 77.7. The minimum absolute atomic E-state index is 0.146. The zero-order valence-electron chi connectivity index (χ0n) is 35.3. The molecular formula is C60H46N2. The fraction of sp³-hybridized carbons (Fsp3) is 0.0667. The van der Waals surface area contributed by atoms with Crippen LogP contribution in [0.1, 0.15) is 37.5 Å². The number of aromatic nitrogens is 2. The molecule has 9 aromatic carbocycles. The van der Waals surface area contributed by atoms with Crippen LogP contribution in [0.5, 0.6) is 0 Å². The van der Waals surface area contributed by atoms with E-state index in [0.29, 0.717) is 0 Å². The zero-order valence-corrected chi connectivity index (χ0v) is 35.3.